The van der Waals surface area contributed by atoms with Gasteiger partial charge in [-0.15, -0.1) is 0 Å². The van der Waals surface area contributed by atoms with Crippen LogP contribution in [0.5, 0.6) is 0 Å². The molecule has 2 saturated carbocycles. The molecule has 0 spiro atoms. The maximum absolute atomic E-state index is 12.4. The number of benzene rings is 2. The highest BCUT2D eigenvalue weighted by atomic mass is 16.1. The molecular weight excluding hydrogens is 244 g/mol. The molecule has 0 aliphatic heterocycles. The van der Waals surface area contributed by atoms with Crippen LogP contribution >= 0.6 is 0 Å². The third kappa shape index (κ3) is 1.46. The van der Waals surface area contributed by atoms with Crippen molar-refractivity contribution >= 4 is 5.78 Å². The second-order valence-electron chi connectivity index (χ2n) is 6.04. The first-order valence-corrected chi connectivity index (χ1v) is 7.49. The van der Waals surface area contributed by atoms with Crippen LogP contribution in [0.4, 0.5) is 0 Å². The third-order valence-corrected chi connectivity index (χ3v) is 5.16. The molecule has 2 atom stereocenters. The fraction of sp³-hybridized carbons (Fsp3) is 0.316. The van der Waals surface area contributed by atoms with Crippen molar-refractivity contribution in [2.45, 2.75) is 24.7 Å². The fourth-order valence-electron chi connectivity index (χ4n) is 4.37. The van der Waals surface area contributed by atoms with E-state index in [9.17, 15) is 4.79 Å². The molecule has 2 fully saturated rings. The summed E-state index contributed by atoms with van der Waals surface area (Å²) in [5.41, 5.74) is 2.59. The molecule has 20 heavy (non-hydrogen) atoms. The van der Waals surface area contributed by atoms with E-state index in [0.29, 0.717) is 11.7 Å². The highest BCUT2D eigenvalue weighted by Crippen LogP contribution is 2.67. The van der Waals surface area contributed by atoms with Crippen LogP contribution in [0.15, 0.2) is 60.7 Å². The third-order valence-electron chi connectivity index (χ3n) is 5.16. The van der Waals surface area contributed by atoms with Crippen molar-refractivity contribution in [3.63, 3.8) is 0 Å². The van der Waals surface area contributed by atoms with Crippen molar-refractivity contribution in [3.8, 4) is 0 Å². The fourth-order valence-corrected chi connectivity index (χ4v) is 4.37. The van der Waals surface area contributed by atoms with Gasteiger partial charge in [0, 0.05) is 17.8 Å². The zero-order valence-electron chi connectivity index (χ0n) is 11.5. The van der Waals surface area contributed by atoms with Gasteiger partial charge in [0.15, 0.2) is 0 Å². The normalized spacial score (nSPS) is 26.9. The van der Waals surface area contributed by atoms with Crippen molar-refractivity contribution < 1.29 is 4.79 Å². The smallest absolute Gasteiger partial charge is 0.137 e. The van der Waals surface area contributed by atoms with Gasteiger partial charge in [-0.25, -0.2) is 0 Å². The van der Waals surface area contributed by atoms with Gasteiger partial charge in [-0.3, -0.25) is 4.79 Å². The van der Waals surface area contributed by atoms with Gasteiger partial charge in [0.05, 0.1) is 0 Å². The highest BCUT2D eigenvalue weighted by molar-refractivity contribution is 5.89. The van der Waals surface area contributed by atoms with E-state index in [1.165, 1.54) is 17.5 Å². The van der Waals surface area contributed by atoms with E-state index in [1.807, 2.05) is 0 Å². The summed E-state index contributed by atoms with van der Waals surface area (Å²) in [6, 6.07) is 21.2. The standard InChI is InChI=1S/C19H18O/c20-17-13-7-12-16-18(17)19(16,14-8-3-1-4-9-14)15-10-5-2-6-11-15/h1-6,8-11,16,18H,7,12-13H2. The summed E-state index contributed by atoms with van der Waals surface area (Å²) in [5, 5.41) is 0. The Bertz CT molecular complexity index is 590. The Balaban J connectivity index is 1.90. The zero-order valence-corrected chi connectivity index (χ0v) is 11.5. The van der Waals surface area contributed by atoms with E-state index in [0.717, 1.165) is 12.8 Å². The van der Waals surface area contributed by atoms with Crippen LogP contribution in [0.25, 0.3) is 0 Å². The Morgan fingerprint density at radius 2 is 1.40 bits per heavy atom. The number of ketones is 1. The van der Waals surface area contributed by atoms with Gasteiger partial charge in [0.1, 0.15) is 5.78 Å². The molecule has 0 saturated heterocycles. The van der Waals surface area contributed by atoms with Crippen molar-refractivity contribution in [1.82, 2.24) is 0 Å². The van der Waals surface area contributed by atoms with E-state index in [4.69, 9.17) is 0 Å². The minimum absolute atomic E-state index is 0.0455. The Morgan fingerprint density at radius 3 is 1.90 bits per heavy atom. The van der Waals surface area contributed by atoms with Crippen LogP contribution in [0, 0.1) is 11.8 Å². The van der Waals surface area contributed by atoms with Crippen LogP contribution in [0.2, 0.25) is 0 Å². The molecule has 2 aliphatic rings. The summed E-state index contributed by atoms with van der Waals surface area (Å²) < 4.78 is 0. The lowest BCUT2D eigenvalue weighted by Gasteiger charge is -2.19. The monoisotopic (exact) mass is 262 g/mol. The van der Waals surface area contributed by atoms with Crippen LogP contribution in [-0.4, -0.2) is 5.78 Å². The number of Topliss-reactive ketones (excluding diaryl/α,β-unsaturated/α-hetero) is 1. The first kappa shape index (κ1) is 11.9. The van der Waals surface area contributed by atoms with Gasteiger partial charge in [0.2, 0.25) is 0 Å². The largest absolute Gasteiger partial charge is 0.299 e. The number of hydrogen-bond acceptors (Lipinski definition) is 1. The van der Waals surface area contributed by atoms with Crippen LogP contribution < -0.4 is 0 Å². The Hall–Kier alpha value is -1.89. The van der Waals surface area contributed by atoms with Crippen molar-refractivity contribution in [2.75, 3.05) is 0 Å². The second-order valence-corrected chi connectivity index (χ2v) is 6.04. The topological polar surface area (TPSA) is 17.1 Å². The van der Waals surface area contributed by atoms with Crippen LogP contribution in [0.3, 0.4) is 0 Å². The molecule has 0 N–H and O–H groups in total. The second kappa shape index (κ2) is 4.31. The minimum atomic E-state index is -0.0455. The molecule has 0 bridgehead atoms. The van der Waals surface area contributed by atoms with Crippen molar-refractivity contribution in [2.24, 2.45) is 11.8 Å². The van der Waals surface area contributed by atoms with E-state index >= 15 is 0 Å². The molecule has 0 radical (unpaired) electrons. The molecule has 100 valence electrons. The Labute approximate surface area is 119 Å². The molecule has 0 aromatic heterocycles. The maximum atomic E-state index is 12.4. The van der Waals surface area contributed by atoms with Crippen LogP contribution in [0.1, 0.15) is 30.4 Å². The summed E-state index contributed by atoms with van der Waals surface area (Å²) in [4.78, 5) is 12.4. The molecule has 2 unspecified atom stereocenters. The van der Waals surface area contributed by atoms with Crippen molar-refractivity contribution in [1.29, 1.82) is 0 Å². The molecule has 1 nitrogen and oxygen atoms in total. The SMILES string of the molecule is O=C1CCCC2C1C2(c1ccccc1)c1ccccc1. The van der Waals surface area contributed by atoms with E-state index in [1.54, 1.807) is 0 Å². The van der Waals surface area contributed by atoms with Gasteiger partial charge in [0.25, 0.3) is 0 Å². The van der Waals surface area contributed by atoms with E-state index in [-0.39, 0.29) is 11.3 Å². The quantitative estimate of drug-likeness (QED) is 0.800. The predicted octanol–water partition coefficient (Wildman–Crippen LogP) is 3.97. The average Bonchev–Trinajstić information content (AvgIpc) is 3.21. The summed E-state index contributed by atoms with van der Waals surface area (Å²) in [7, 11) is 0. The van der Waals surface area contributed by atoms with Gasteiger partial charge >= 0.3 is 0 Å². The number of carbonyl (C=O) groups is 1. The van der Waals surface area contributed by atoms with Gasteiger partial charge < -0.3 is 0 Å². The van der Waals surface area contributed by atoms with E-state index < -0.39 is 0 Å². The lowest BCUT2D eigenvalue weighted by Crippen LogP contribution is -2.16. The molecule has 0 amide bonds. The number of carbonyl (C=O) groups excluding carboxylic acids is 1. The number of rotatable bonds is 2. The first-order chi connectivity index (χ1) is 9.85. The average molecular weight is 262 g/mol. The molecule has 2 aromatic rings. The predicted molar refractivity (Wildman–Crippen MR) is 79.5 cm³/mol. The lowest BCUT2D eigenvalue weighted by molar-refractivity contribution is -0.121. The Morgan fingerprint density at radius 1 is 0.850 bits per heavy atom. The molecule has 1 heteroatoms. The maximum Gasteiger partial charge on any atom is 0.137 e. The first-order valence-electron chi connectivity index (χ1n) is 7.49. The molecule has 2 aromatic carbocycles. The Kier molecular flexibility index (Phi) is 2.56. The minimum Gasteiger partial charge on any atom is -0.299 e. The van der Waals surface area contributed by atoms with Crippen molar-refractivity contribution in [3.05, 3.63) is 71.8 Å². The molecule has 4 rings (SSSR count). The summed E-state index contributed by atoms with van der Waals surface area (Å²) in [6.45, 7) is 0. The highest BCUT2D eigenvalue weighted by Gasteiger charge is 2.69. The summed E-state index contributed by atoms with van der Waals surface area (Å²) in [5.74, 6) is 1.18. The van der Waals surface area contributed by atoms with E-state index in [2.05, 4.69) is 60.7 Å². The van der Waals surface area contributed by atoms with Gasteiger partial charge in [-0.05, 0) is 29.9 Å². The van der Waals surface area contributed by atoms with Gasteiger partial charge in [-0.2, -0.15) is 0 Å². The molecule has 2 aliphatic carbocycles. The van der Waals surface area contributed by atoms with Gasteiger partial charge in [-0.1, -0.05) is 60.7 Å². The molecule has 0 heterocycles. The van der Waals surface area contributed by atoms with Crippen LogP contribution in [-0.2, 0) is 10.2 Å². The molecular formula is C19H18O. The lowest BCUT2D eigenvalue weighted by atomic mass is 9.84. The number of fused-ring (bicyclic) bond motifs is 1. The number of hydrogen-bond donors (Lipinski definition) is 0. The summed E-state index contributed by atoms with van der Waals surface area (Å²) >= 11 is 0. The summed E-state index contributed by atoms with van der Waals surface area (Å²) in [6.07, 6.45) is 3.00. The zero-order chi connectivity index (χ0) is 13.6.